The van der Waals surface area contributed by atoms with Crippen LogP contribution in [0, 0.1) is 27.7 Å². The summed E-state index contributed by atoms with van der Waals surface area (Å²) in [5, 5.41) is 0. The van der Waals surface area contributed by atoms with E-state index in [0.717, 1.165) is 5.56 Å². The molecule has 0 aliphatic carbocycles. The van der Waals surface area contributed by atoms with Gasteiger partial charge < -0.3 is 5.73 Å². The quantitative estimate of drug-likeness (QED) is 0.877. The lowest BCUT2D eigenvalue weighted by molar-refractivity contribution is 0.850. The minimum atomic E-state index is 0.334. The van der Waals surface area contributed by atoms with Crippen LogP contribution in [-0.2, 0) is 6.54 Å². The number of nitrogens with zero attached hydrogens (tertiary/aromatic N) is 3. The molecule has 0 bridgehead atoms. The molecule has 1 aromatic heterocycles. The van der Waals surface area contributed by atoms with Crippen molar-refractivity contribution >= 4 is 0 Å². The maximum Gasteiger partial charge on any atom is 0.163 e. The first kappa shape index (κ1) is 12.6. The molecular formula is C14H18N4. The molecule has 0 unspecified atom stereocenters. The van der Waals surface area contributed by atoms with Crippen LogP contribution in [0.15, 0.2) is 12.1 Å². The smallest absolute Gasteiger partial charge is 0.163 e. The van der Waals surface area contributed by atoms with Crippen LogP contribution in [0.25, 0.3) is 11.4 Å². The van der Waals surface area contributed by atoms with Gasteiger partial charge in [0, 0.05) is 5.56 Å². The molecular weight excluding hydrogens is 224 g/mol. The molecule has 0 atom stereocenters. The first-order chi connectivity index (χ1) is 8.51. The molecule has 4 heteroatoms. The van der Waals surface area contributed by atoms with Gasteiger partial charge in [-0.15, -0.1) is 0 Å². The van der Waals surface area contributed by atoms with Gasteiger partial charge in [0.05, 0.1) is 6.54 Å². The molecule has 1 heterocycles. The van der Waals surface area contributed by atoms with E-state index in [-0.39, 0.29) is 0 Å². The highest BCUT2D eigenvalue weighted by Gasteiger charge is 2.09. The van der Waals surface area contributed by atoms with Crippen molar-refractivity contribution in [3.8, 4) is 11.4 Å². The fourth-order valence-electron chi connectivity index (χ4n) is 1.95. The minimum Gasteiger partial charge on any atom is -0.324 e. The summed E-state index contributed by atoms with van der Waals surface area (Å²) in [6.07, 6.45) is 0. The van der Waals surface area contributed by atoms with Gasteiger partial charge in [0.2, 0.25) is 0 Å². The number of nitrogens with two attached hydrogens (primary N) is 1. The predicted octanol–water partition coefficient (Wildman–Crippen LogP) is 2.23. The van der Waals surface area contributed by atoms with Gasteiger partial charge >= 0.3 is 0 Å². The van der Waals surface area contributed by atoms with Crippen LogP contribution < -0.4 is 5.73 Å². The summed E-state index contributed by atoms with van der Waals surface area (Å²) < 4.78 is 0. The SMILES string of the molecule is Cc1nc(CN)nc(-c2cc(C)c(C)cc2C)n1. The van der Waals surface area contributed by atoms with Crippen molar-refractivity contribution in [2.45, 2.75) is 34.2 Å². The van der Waals surface area contributed by atoms with Gasteiger partial charge in [-0.3, -0.25) is 0 Å². The molecule has 94 valence electrons. The molecule has 18 heavy (non-hydrogen) atoms. The lowest BCUT2D eigenvalue weighted by Gasteiger charge is -2.10. The Labute approximate surface area is 107 Å². The van der Waals surface area contributed by atoms with Crippen LogP contribution in [-0.4, -0.2) is 15.0 Å². The number of aryl methyl sites for hydroxylation is 4. The highest BCUT2D eigenvalue weighted by atomic mass is 15.0. The summed E-state index contributed by atoms with van der Waals surface area (Å²) in [6.45, 7) is 8.47. The van der Waals surface area contributed by atoms with Crippen LogP contribution in [0.5, 0.6) is 0 Å². The van der Waals surface area contributed by atoms with E-state index in [1.54, 1.807) is 0 Å². The first-order valence-electron chi connectivity index (χ1n) is 6.01. The molecule has 4 nitrogen and oxygen atoms in total. The third-order valence-electron chi connectivity index (χ3n) is 3.06. The Morgan fingerprint density at radius 2 is 1.56 bits per heavy atom. The van der Waals surface area contributed by atoms with E-state index in [9.17, 15) is 0 Å². The van der Waals surface area contributed by atoms with Crippen LogP contribution in [0.3, 0.4) is 0 Å². The summed E-state index contributed by atoms with van der Waals surface area (Å²) in [4.78, 5) is 13.0. The van der Waals surface area contributed by atoms with Crippen molar-refractivity contribution in [2.24, 2.45) is 5.73 Å². The van der Waals surface area contributed by atoms with Gasteiger partial charge in [0.1, 0.15) is 11.6 Å². The van der Waals surface area contributed by atoms with Gasteiger partial charge in [0.15, 0.2) is 5.82 Å². The molecule has 0 fully saturated rings. The fourth-order valence-corrected chi connectivity index (χ4v) is 1.95. The molecule has 0 saturated heterocycles. The van der Waals surface area contributed by atoms with Gasteiger partial charge in [-0.05, 0) is 50.5 Å². The summed E-state index contributed by atoms with van der Waals surface area (Å²) in [5.41, 5.74) is 10.3. The largest absolute Gasteiger partial charge is 0.324 e. The molecule has 2 N–H and O–H groups in total. The summed E-state index contributed by atoms with van der Waals surface area (Å²) in [5.74, 6) is 2.05. The van der Waals surface area contributed by atoms with E-state index in [1.807, 2.05) is 6.92 Å². The van der Waals surface area contributed by atoms with Crippen LogP contribution in [0.1, 0.15) is 28.3 Å². The monoisotopic (exact) mass is 242 g/mol. The van der Waals surface area contributed by atoms with Gasteiger partial charge in [-0.1, -0.05) is 6.07 Å². The highest BCUT2D eigenvalue weighted by Crippen LogP contribution is 2.23. The molecule has 2 aromatic rings. The van der Waals surface area contributed by atoms with Crippen molar-refractivity contribution in [1.29, 1.82) is 0 Å². The molecule has 0 aliphatic heterocycles. The Hall–Kier alpha value is -1.81. The standard InChI is InChI=1S/C14H18N4/c1-8-5-10(3)12(6-9(8)2)14-17-11(4)16-13(7-15)18-14/h5-6H,7,15H2,1-4H3. The minimum absolute atomic E-state index is 0.334. The number of hydrogen-bond donors (Lipinski definition) is 1. The Morgan fingerprint density at radius 3 is 2.22 bits per heavy atom. The first-order valence-corrected chi connectivity index (χ1v) is 6.01. The van der Waals surface area contributed by atoms with Crippen LogP contribution in [0.4, 0.5) is 0 Å². The second kappa shape index (κ2) is 4.82. The summed E-state index contributed by atoms with van der Waals surface area (Å²) >= 11 is 0. The molecule has 1 aromatic carbocycles. The maximum absolute atomic E-state index is 5.60. The van der Waals surface area contributed by atoms with Crippen LogP contribution in [0.2, 0.25) is 0 Å². The zero-order valence-corrected chi connectivity index (χ0v) is 11.3. The van der Waals surface area contributed by atoms with Gasteiger partial charge in [0.25, 0.3) is 0 Å². The van der Waals surface area contributed by atoms with E-state index in [4.69, 9.17) is 5.73 Å². The Balaban J connectivity index is 2.61. The fraction of sp³-hybridized carbons (Fsp3) is 0.357. The van der Waals surface area contributed by atoms with E-state index in [0.29, 0.717) is 24.0 Å². The predicted molar refractivity (Wildman–Crippen MR) is 72.1 cm³/mol. The van der Waals surface area contributed by atoms with E-state index in [2.05, 4.69) is 47.9 Å². The average Bonchev–Trinajstić information content (AvgIpc) is 2.33. The number of hydrogen-bond acceptors (Lipinski definition) is 4. The molecule has 0 aliphatic rings. The lowest BCUT2D eigenvalue weighted by Crippen LogP contribution is -2.08. The second-order valence-corrected chi connectivity index (χ2v) is 4.58. The Morgan fingerprint density at radius 1 is 0.889 bits per heavy atom. The number of aromatic nitrogens is 3. The van der Waals surface area contributed by atoms with Crippen molar-refractivity contribution in [3.63, 3.8) is 0 Å². The van der Waals surface area contributed by atoms with Gasteiger partial charge in [-0.25, -0.2) is 15.0 Å². The molecule has 0 amide bonds. The van der Waals surface area contributed by atoms with E-state index in [1.165, 1.54) is 16.7 Å². The van der Waals surface area contributed by atoms with Crippen molar-refractivity contribution in [1.82, 2.24) is 15.0 Å². The summed E-state index contributed by atoms with van der Waals surface area (Å²) in [7, 11) is 0. The zero-order chi connectivity index (χ0) is 13.3. The molecule has 0 radical (unpaired) electrons. The van der Waals surface area contributed by atoms with E-state index >= 15 is 0 Å². The molecule has 0 spiro atoms. The number of rotatable bonds is 2. The zero-order valence-electron chi connectivity index (χ0n) is 11.3. The molecule has 2 rings (SSSR count). The molecule has 0 saturated carbocycles. The topological polar surface area (TPSA) is 64.7 Å². The third-order valence-corrected chi connectivity index (χ3v) is 3.06. The second-order valence-electron chi connectivity index (χ2n) is 4.58. The maximum atomic E-state index is 5.60. The van der Waals surface area contributed by atoms with Gasteiger partial charge in [-0.2, -0.15) is 0 Å². The van der Waals surface area contributed by atoms with Crippen molar-refractivity contribution < 1.29 is 0 Å². The Bertz CT molecular complexity index is 591. The lowest BCUT2D eigenvalue weighted by atomic mass is 10.0. The van der Waals surface area contributed by atoms with Crippen LogP contribution >= 0.6 is 0 Å². The van der Waals surface area contributed by atoms with Crippen molar-refractivity contribution in [3.05, 3.63) is 40.5 Å². The number of benzene rings is 1. The van der Waals surface area contributed by atoms with E-state index < -0.39 is 0 Å². The third kappa shape index (κ3) is 2.38. The average molecular weight is 242 g/mol. The van der Waals surface area contributed by atoms with Crippen molar-refractivity contribution in [2.75, 3.05) is 0 Å². The highest BCUT2D eigenvalue weighted by molar-refractivity contribution is 5.62. The normalized spacial score (nSPS) is 10.7. The summed E-state index contributed by atoms with van der Waals surface area (Å²) in [6, 6.07) is 4.28. The Kier molecular flexibility index (Phi) is 3.39.